The van der Waals surface area contributed by atoms with Gasteiger partial charge in [-0.15, -0.1) is 0 Å². The Bertz CT molecular complexity index is 513. The van der Waals surface area contributed by atoms with Gasteiger partial charge in [-0.1, -0.05) is 58.0 Å². The molecule has 0 aliphatic carbocycles. The monoisotopic (exact) mass is 492 g/mol. The largest absolute Gasteiger partial charge is 0.0619 e. The first-order valence-electron chi connectivity index (χ1n) is 6.91. The molecule has 2 aromatic rings. The molecule has 0 aromatic heterocycles. The first-order valence-corrected chi connectivity index (χ1v) is 9.07. The van der Waals surface area contributed by atoms with Gasteiger partial charge in [-0.25, -0.2) is 0 Å². The van der Waals surface area contributed by atoms with Crippen LogP contribution in [-0.2, 0) is 0 Å². The molecular formula is C18H22I2. The lowest BCUT2D eigenvalue weighted by Gasteiger charge is -2.06. The molecule has 0 amide bonds. The minimum Gasteiger partial charge on any atom is -0.0619 e. The average Bonchev–Trinajstić information content (AvgIpc) is 2.40. The van der Waals surface area contributed by atoms with Crippen LogP contribution in [0.4, 0.5) is 0 Å². The lowest BCUT2D eigenvalue weighted by Crippen LogP contribution is -1.89. The van der Waals surface area contributed by atoms with E-state index in [1.807, 2.05) is 0 Å². The van der Waals surface area contributed by atoms with Crippen molar-refractivity contribution in [3.8, 4) is 0 Å². The normalized spacial score (nSPS) is 10.4. The van der Waals surface area contributed by atoms with E-state index in [-0.39, 0.29) is 0 Å². The van der Waals surface area contributed by atoms with Gasteiger partial charge in [-0.05, 0) is 86.3 Å². The zero-order chi connectivity index (χ0) is 15.1. The van der Waals surface area contributed by atoms with Crippen molar-refractivity contribution in [2.45, 2.75) is 39.5 Å². The Balaban J connectivity index is 0.000000200. The van der Waals surface area contributed by atoms with Crippen molar-refractivity contribution in [2.75, 3.05) is 0 Å². The minimum absolute atomic E-state index is 0.646. The second-order valence-electron chi connectivity index (χ2n) is 5.38. The Morgan fingerprint density at radius 2 is 1.25 bits per heavy atom. The maximum Gasteiger partial charge on any atom is 0.0164 e. The Morgan fingerprint density at radius 1 is 0.700 bits per heavy atom. The van der Waals surface area contributed by atoms with E-state index >= 15 is 0 Å². The van der Waals surface area contributed by atoms with Crippen LogP contribution in [0.25, 0.3) is 0 Å². The summed E-state index contributed by atoms with van der Waals surface area (Å²) in [7, 11) is 0. The van der Waals surface area contributed by atoms with E-state index in [4.69, 9.17) is 0 Å². The van der Waals surface area contributed by atoms with Crippen molar-refractivity contribution in [2.24, 2.45) is 0 Å². The van der Waals surface area contributed by atoms with Gasteiger partial charge in [0.1, 0.15) is 0 Å². The van der Waals surface area contributed by atoms with Gasteiger partial charge in [0.05, 0.1) is 0 Å². The Labute approximate surface area is 150 Å². The first-order chi connectivity index (χ1) is 9.41. The summed E-state index contributed by atoms with van der Waals surface area (Å²) in [6.07, 6.45) is 0. The van der Waals surface area contributed by atoms with Crippen LogP contribution < -0.4 is 0 Å². The predicted octanol–water partition coefficient (Wildman–Crippen LogP) is 6.83. The molecule has 20 heavy (non-hydrogen) atoms. The van der Waals surface area contributed by atoms with Crippen LogP contribution in [0.5, 0.6) is 0 Å². The highest BCUT2D eigenvalue weighted by Gasteiger charge is 2.00. The van der Waals surface area contributed by atoms with Gasteiger partial charge in [-0.2, -0.15) is 0 Å². The molecule has 0 saturated carbocycles. The van der Waals surface area contributed by atoms with E-state index in [1.54, 1.807) is 0 Å². The van der Waals surface area contributed by atoms with Crippen molar-refractivity contribution in [3.63, 3.8) is 0 Å². The maximum atomic E-state index is 2.38. The van der Waals surface area contributed by atoms with Gasteiger partial charge in [0, 0.05) is 7.14 Å². The Kier molecular flexibility index (Phi) is 8.10. The van der Waals surface area contributed by atoms with Gasteiger partial charge in [0.25, 0.3) is 0 Å². The zero-order valence-electron chi connectivity index (χ0n) is 12.5. The molecule has 2 heteroatoms. The van der Waals surface area contributed by atoms with E-state index in [2.05, 4.69) is 121 Å². The lowest BCUT2D eigenvalue weighted by molar-refractivity contribution is 0.860. The number of hydrogen-bond acceptors (Lipinski definition) is 0. The third-order valence-corrected chi connectivity index (χ3v) is 4.77. The molecule has 0 unspecified atom stereocenters. The van der Waals surface area contributed by atoms with Crippen molar-refractivity contribution in [3.05, 3.63) is 66.8 Å². The molecule has 0 bridgehead atoms. The molecule has 0 radical (unpaired) electrons. The molecule has 0 saturated heterocycles. The average molecular weight is 492 g/mol. The van der Waals surface area contributed by atoms with E-state index in [9.17, 15) is 0 Å². The van der Waals surface area contributed by atoms with Crippen LogP contribution in [0.3, 0.4) is 0 Å². The van der Waals surface area contributed by atoms with Crippen molar-refractivity contribution in [1.82, 2.24) is 0 Å². The quantitative estimate of drug-likeness (QED) is 0.404. The fourth-order valence-electron chi connectivity index (χ4n) is 1.79. The Hall–Kier alpha value is -0.100. The van der Waals surface area contributed by atoms with Crippen molar-refractivity contribution < 1.29 is 0 Å². The van der Waals surface area contributed by atoms with E-state index in [0.717, 1.165) is 0 Å². The van der Waals surface area contributed by atoms with Crippen LogP contribution in [0.2, 0.25) is 0 Å². The lowest BCUT2D eigenvalue weighted by atomic mass is 10.0. The molecule has 2 aromatic carbocycles. The smallest absolute Gasteiger partial charge is 0.0164 e. The van der Waals surface area contributed by atoms with Gasteiger partial charge in [0.2, 0.25) is 0 Å². The van der Waals surface area contributed by atoms with Crippen molar-refractivity contribution in [1.29, 1.82) is 0 Å². The summed E-state index contributed by atoms with van der Waals surface area (Å²) >= 11 is 4.70. The highest BCUT2D eigenvalue weighted by molar-refractivity contribution is 14.1. The number of benzene rings is 2. The predicted molar refractivity (Wildman–Crippen MR) is 106 cm³/mol. The van der Waals surface area contributed by atoms with Crippen LogP contribution in [0.15, 0.2) is 48.5 Å². The summed E-state index contributed by atoms with van der Waals surface area (Å²) in [5.74, 6) is 1.30. The second-order valence-corrected chi connectivity index (χ2v) is 7.79. The van der Waals surface area contributed by atoms with E-state index in [1.165, 1.54) is 18.3 Å². The standard InChI is InChI=1S/2C9H11I/c1-7(2)8-3-5-9(10)6-4-8;1-7(2)8-5-3-4-6-9(8)10/h2*3-7H,1-2H3. The molecule has 0 aliphatic heterocycles. The van der Waals surface area contributed by atoms with Crippen LogP contribution >= 0.6 is 45.2 Å². The summed E-state index contributed by atoms with van der Waals surface area (Å²) in [4.78, 5) is 0. The zero-order valence-corrected chi connectivity index (χ0v) is 16.8. The molecule has 2 rings (SSSR count). The second kappa shape index (κ2) is 9.03. The summed E-state index contributed by atoms with van der Waals surface area (Å²) in [5, 5.41) is 0. The molecular weight excluding hydrogens is 470 g/mol. The molecule has 0 fully saturated rings. The Morgan fingerprint density at radius 3 is 1.65 bits per heavy atom. The van der Waals surface area contributed by atoms with E-state index < -0.39 is 0 Å². The molecule has 108 valence electrons. The van der Waals surface area contributed by atoms with Gasteiger partial charge in [0.15, 0.2) is 0 Å². The minimum atomic E-state index is 0.646. The van der Waals surface area contributed by atoms with Crippen LogP contribution in [0, 0.1) is 7.14 Å². The summed E-state index contributed by atoms with van der Waals surface area (Å²) in [6.45, 7) is 8.86. The van der Waals surface area contributed by atoms with Gasteiger partial charge < -0.3 is 0 Å². The molecule has 0 spiro atoms. The number of halogens is 2. The first kappa shape index (κ1) is 18.0. The third-order valence-electron chi connectivity index (χ3n) is 3.06. The topological polar surface area (TPSA) is 0 Å². The van der Waals surface area contributed by atoms with Crippen LogP contribution in [0.1, 0.15) is 50.7 Å². The number of hydrogen-bond donors (Lipinski definition) is 0. The SMILES string of the molecule is CC(C)c1ccc(I)cc1.CC(C)c1ccccc1I. The summed E-state index contributed by atoms with van der Waals surface area (Å²) in [6, 6.07) is 17.2. The fraction of sp³-hybridized carbons (Fsp3) is 0.333. The molecule has 0 atom stereocenters. The highest BCUT2D eigenvalue weighted by Crippen LogP contribution is 2.20. The molecule has 0 N–H and O–H groups in total. The van der Waals surface area contributed by atoms with E-state index in [0.29, 0.717) is 11.8 Å². The maximum absolute atomic E-state index is 2.38. The third kappa shape index (κ3) is 6.12. The fourth-order valence-corrected chi connectivity index (χ4v) is 3.16. The number of rotatable bonds is 2. The highest BCUT2D eigenvalue weighted by atomic mass is 127. The van der Waals surface area contributed by atoms with Crippen LogP contribution in [-0.4, -0.2) is 0 Å². The van der Waals surface area contributed by atoms with Gasteiger partial charge >= 0.3 is 0 Å². The van der Waals surface area contributed by atoms with Gasteiger partial charge in [-0.3, -0.25) is 0 Å². The summed E-state index contributed by atoms with van der Waals surface area (Å²) in [5.41, 5.74) is 2.86. The molecule has 0 aliphatic rings. The summed E-state index contributed by atoms with van der Waals surface area (Å²) < 4.78 is 2.68. The molecule has 0 nitrogen and oxygen atoms in total. The van der Waals surface area contributed by atoms with Crippen molar-refractivity contribution >= 4 is 45.2 Å². The molecule has 0 heterocycles.